The van der Waals surface area contributed by atoms with Crippen LogP contribution in [-0.4, -0.2) is 12.1 Å². The molecule has 0 aliphatic heterocycles. The number of carbonyl (C=O) groups is 1. The average Bonchev–Trinajstić information content (AvgIpc) is 2.72. The van der Waals surface area contributed by atoms with Crippen molar-refractivity contribution < 1.29 is 4.79 Å². The first-order chi connectivity index (χ1) is 14.1. The minimum atomic E-state index is -0.332. The highest BCUT2D eigenvalue weighted by Gasteiger charge is 2.07. The van der Waals surface area contributed by atoms with Gasteiger partial charge in [-0.05, 0) is 30.3 Å². The third kappa shape index (κ3) is 6.98. The molecule has 0 saturated heterocycles. The maximum Gasteiger partial charge on any atom is 0.265 e. The summed E-state index contributed by atoms with van der Waals surface area (Å²) < 4.78 is 0.830. The van der Waals surface area contributed by atoms with Crippen molar-refractivity contribution in [3.63, 3.8) is 0 Å². The summed E-state index contributed by atoms with van der Waals surface area (Å²) in [7, 11) is 0. The Kier molecular flexibility index (Phi) is 8.25. The normalized spacial score (nSPS) is 10.7. The van der Waals surface area contributed by atoms with Gasteiger partial charge in [0.05, 0.1) is 20.5 Å². The highest BCUT2D eigenvalue weighted by atomic mass is 35.5. The summed E-state index contributed by atoms with van der Waals surface area (Å²) >= 11 is 15.1. The van der Waals surface area contributed by atoms with Crippen LogP contribution >= 0.6 is 46.7 Å². The number of carbonyl (C=O) groups excluding carboxylic acids is 1. The van der Waals surface area contributed by atoms with Crippen LogP contribution < -0.4 is 5.43 Å². The standard InChI is InChI=1S/C22H16Cl2N2OS2/c23-19-13-7-8-16(22(19)24)15-25-26-20(27)14-21(28-17-9-3-1-4-10-17)29-18-11-5-2-6-12-18/h1-15H,(H,26,27)/b25-15+. The van der Waals surface area contributed by atoms with Gasteiger partial charge in [-0.15, -0.1) is 0 Å². The third-order valence-corrected chi connectivity index (χ3v) is 6.52. The number of hydrogen-bond acceptors (Lipinski definition) is 4. The van der Waals surface area contributed by atoms with Crippen LogP contribution in [0.15, 0.2) is 104 Å². The first-order valence-corrected chi connectivity index (χ1v) is 11.0. The van der Waals surface area contributed by atoms with Gasteiger partial charge in [-0.2, -0.15) is 5.10 Å². The van der Waals surface area contributed by atoms with Crippen molar-refractivity contribution in [2.24, 2.45) is 5.10 Å². The Bertz CT molecular complexity index is 982. The number of hydrogen-bond donors (Lipinski definition) is 1. The Labute approximate surface area is 188 Å². The highest BCUT2D eigenvalue weighted by molar-refractivity contribution is 8.22. The first kappa shape index (κ1) is 21.5. The second-order valence-electron chi connectivity index (χ2n) is 5.67. The van der Waals surface area contributed by atoms with Gasteiger partial charge < -0.3 is 0 Å². The van der Waals surface area contributed by atoms with Gasteiger partial charge in [0.1, 0.15) is 0 Å². The van der Waals surface area contributed by atoms with E-state index in [1.807, 2.05) is 60.7 Å². The zero-order valence-electron chi connectivity index (χ0n) is 15.1. The number of rotatable bonds is 7. The number of thioether (sulfide) groups is 2. The topological polar surface area (TPSA) is 41.5 Å². The van der Waals surface area contributed by atoms with E-state index < -0.39 is 0 Å². The second-order valence-corrected chi connectivity index (χ2v) is 8.95. The Hall–Kier alpha value is -2.18. The van der Waals surface area contributed by atoms with Crippen LogP contribution in [0.3, 0.4) is 0 Å². The Morgan fingerprint density at radius 3 is 2.00 bits per heavy atom. The molecule has 0 aliphatic rings. The number of benzene rings is 3. The Balaban J connectivity index is 1.72. The molecule has 0 atom stereocenters. The van der Waals surface area contributed by atoms with E-state index in [0.717, 1.165) is 14.0 Å². The molecular formula is C22H16Cl2N2OS2. The number of hydrazone groups is 1. The smallest absolute Gasteiger partial charge is 0.265 e. The molecule has 0 spiro atoms. The number of halogens is 2. The lowest BCUT2D eigenvalue weighted by molar-refractivity contribution is -0.116. The molecule has 3 rings (SSSR count). The Morgan fingerprint density at radius 1 is 0.828 bits per heavy atom. The van der Waals surface area contributed by atoms with E-state index in [4.69, 9.17) is 23.2 Å². The van der Waals surface area contributed by atoms with Gasteiger partial charge in [0.2, 0.25) is 0 Å². The molecule has 0 heterocycles. The quantitative estimate of drug-likeness (QED) is 0.181. The monoisotopic (exact) mass is 458 g/mol. The molecule has 7 heteroatoms. The largest absolute Gasteiger partial charge is 0.268 e. The maximum atomic E-state index is 12.4. The van der Waals surface area contributed by atoms with Gasteiger partial charge in [-0.3, -0.25) is 4.79 Å². The van der Waals surface area contributed by atoms with Crippen LogP contribution in [0.2, 0.25) is 10.0 Å². The lowest BCUT2D eigenvalue weighted by Crippen LogP contribution is -2.14. The maximum absolute atomic E-state index is 12.4. The van der Waals surface area contributed by atoms with E-state index in [9.17, 15) is 4.79 Å². The molecular weight excluding hydrogens is 443 g/mol. The summed E-state index contributed by atoms with van der Waals surface area (Å²) in [4.78, 5) is 14.5. The summed E-state index contributed by atoms with van der Waals surface area (Å²) in [5.41, 5.74) is 3.13. The fraction of sp³-hybridized carbons (Fsp3) is 0. The zero-order chi connectivity index (χ0) is 20.5. The van der Waals surface area contributed by atoms with Gasteiger partial charge in [0.15, 0.2) is 0 Å². The molecule has 1 N–H and O–H groups in total. The van der Waals surface area contributed by atoms with E-state index in [0.29, 0.717) is 15.6 Å². The summed E-state index contributed by atoms with van der Waals surface area (Å²) in [5, 5.41) is 4.80. The average molecular weight is 459 g/mol. The summed E-state index contributed by atoms with van der Waals surface area (Å²) in [6, 6.07) is 25.0. The molecule has 0 unspecified atom stereocenters. The SMILES string of the molecule is O=C(C=C(Sc1ccccc1)Sc1ccccc1)N/N=C/c1cccc(Cl)c1Cl. The van der Waals surface area contributed by atoms with Crippen molar-refractivity contribution in [3.05, 3.63) is 105 Å². The summed E-state index contributed by atoms with van der Waals surface area (Å²) in [6.45, 7) is 0. The summed E-state index contributed by atoms with van der Waals surface area (Å²) in [6.07, 6.45) is 3.00. The molecule has 0 radical (unpaired) electrons. The lowest BCUT2D eigenvalue weighted by atomic mass is 10.2. The van der Waals surface area contributed by atoms with Crippen LogP contribution in [-0.2, 0) is 4.79 Å². The van der Waals surface area contributed by atoms with Gasteiger partial charge in [0.25, 0.3) is 5.91 Å². The van der Waals surface area contributed by atoms with Gasteiger partial charge in [-0.25, -0.2) is 5.43 Å². The minimum Gasteiger partial charge on any atom is -0.268 e. The lowest BCUT2D eigenvalue weighted by Gasteiger charge is -2.07. The van der Waals surface area contributed by atoms with Crippen LogP contribution in [0.1, 0.15) is 5.56 Å². The van der Waals surface area contributed by atoms with Gasteiger partial charge >= 0.3 is 0 Å². The summed E-state index contributed by atoms with van der Waals surface area (Å²) in [5.74, 6) is -0.332. The molecule has 0 bridgehead atoms. The van der Waals surface area contributed by atoms with Crippen molar-refractivity contribution in [2.75, 3.05) is 0 Å². The van der Waals surface area contributed by atoms with E-state index in [-0.39, 0.29) is 5.91 Å². The van der Waals surface area contributed by atoms with Crippen molar-refractivity contribution in [1.29, 1.82) is 0 Å². The van der Waals surface area contributed by atoms with Crippen molar-refractivity contribution in [3.8, 4) is 0 Å². The fourth-order valence-corrected chi connectivity index (χ4v) is 4.70. The van der Waals surface area contributed by atoms with E-state index in [2.05, 4.69) is 10.5 Å². The predicted molar refractivity (Wildman–Crippen MR) is 125 cm³/mol. The van der Waals surface area contributed by atoms with Crippen LogP contribution in [0.5, 0.6) is 0 Å². The first-order valence-electron chi connectivity index (χ1n) is 8.56. The number of nitrogens with one attached hydrogen (secondary N) is 1. The van der Waals surface area contributed by atoms with Crippen LogP contribution in [0, 0.1) is 0 Å². The highest BCUT2D eigenvalue weighted by Crippen LogP contribution is 2.38. The van der Waals surface area contributed by atoms with Crippen LogP contribution in [0.25, 0.3) is 0 Å². The second kappa shape index (κ2) is 11.1. The zero-order valence-corrected chi connectivity index (χ0v) is 18.2. The number of amides is 1. The molecule has 3 aromatic rings. The molecule has 3 nitrogen and oxygen atoms in total. The van der Waals surface area contributed by atoms with Gasteiger partial charge in [0, 0.05) is 21.4 Å². The molecule has 0 fully saturated rings. The molecule has 0 saturated carbocycles. The molecule has 1 amide bonds. The molecule has 146 valence electrons. The number of nitrogens with zero attached hydrogens (tertiary/aromatic N) is 1. The third-order valence-electron chi connectivity index (χ3n) is 3.53. The van der Waals surface area contributed by atoms with Crippen molar-refractivity contribution >= 4 is 58.8 Å². The fourth-order valence-electron chi connectivity index (χ4n) is 2.21. The van der Waals surface area contributed by atoms with Crippen molar-refractivity contribution in [1.82, 2.24) is 5.43 Å². The molecule has 0 aliphatic carbocycles. The van der Waals surface area contributed by atoms with E-state index >= 15 is 0 Å². The Morgan fingerprint density at radius 2 is 1.41 bits per heavy atom. The minimum absolute atomic E-state index is 0.332. The van der Waals surface area contributed by atoms with Gasteiger partial charge in [-0.1, -0.05) is 95.3 Å². The van der Waals surface area contributed by atoms with Crippen molar-refractivity contribution in [2.45, 2.75) is 9.79 Å². The van der Waals surface area contributed by atoms with Crippen LogP contribution in [0.4, 0.5) is 0 Å². The molecule has 29 heavy (non-hydrogen) atoms. The van der Waals surface area contributed by atoms with E-state index in [1.165, 1.54) is 35.8 Å². The van der Waals surface area contributed by atoms with E-state index in [1.54, 1.807) is 18.2 Å². The predicted octanol–water partition coefficient (Wildman–Crippen LogP) is 6.87. The molecule has 3 aromatic carbocycles. The molecule has 0 aromatic heterocycles.